The van der Waals surface area contributed by atoms with Crippen LogP contribution < -0.4 is 0 Å². The van der Waals surface area contributed by atoms with Crippen molar-refractivity contribution in [1.82, 2.24) is 4.31 Å². The van der Waals surface area contributed by atoms with Gasteiger partial charge in [-0.3, -0.25) is 0 Å². The Balaban J connectivity index is 2.79. The quantitative estimate of drug-likeness (QED) is 0.865. The van der Waals surface area contributed by atoms with E-state index in [1.165, 1.54) is 10.6 Å². The fourth-order valence-corrected chi connectivity index (χ4v) is 2.74. The highest BCUT2D eigenvalue weighted by atomic mass is 79.9. The number of aliphatic hydroxyl groups excluding tert-OH is 1. The molecule has 0 spiro atoms. The van der Waals surface area contributed by atoms with Gasteiger partial charge in [-0.15, -0.1) is 0 Å². The Bertz CT molecular complexity index is 462. The number of nitrogens with zero attached hydrogens (tertiary/aromatic N) is 1. The topological polar surface area (TPSA) is 57.6 Å². The van der Waals surface area contributed by atoms with Gasteiger partial charge in [-0.05, 0) is 24.1 Å². The van der Waals surface area contributed by atoms with Crippen molar-refractivity contribution in [1.29, 1.82) is 0 Å². The van der Waals surface area contributed by atoms with E-state index in [1.54, 1.807) is 0 Å². The average Bonchev–Trinajstić information content (AvgIpc) is 2.22. The van der Waals surface area contributed by atoms with E-state index in [-0.39, 0.29) is 6.61 Å². The highest BCUT2D eigenvalue weighted by Crippen LogP contribution is 2.15. The van der Waals surface area contributed by atoms with E-state index in [2.05, 4.69) is 15.9 Å². The predicted octanol–water partition coefficient (Wildman–Crippen LogP) is 1.59. The van der Waals surface area contributed by atoms with Crippen molar-refractivity contribution in [3.8, 4) is 0 Å². The van der Waals surface area contributed by atoms with Gasteiger partial charge in [0.25, 0.3) is 0 Å². The summed E-state index contributed by atoms with van der Waals surface area (Å²) in [6.07, 6.45) is 1.63. The van der Waals surface area contributed by atoms with Crippen molar-refractivity contribution >= 4 is 26.0 Å². The van der Waals surface area contributed by atoms with Crippen LogP contribution in [-0.2, 0) is 16.6 Å². The number of sulfonamides is 1. The number of benzene rings is 1. The van der Waals surface area contributed by atoms with Crippen LogP contribution in [0.1, 0.15) is 12.0 Å². The number of hydrogen-bond acceptors (Lipinski definition) is 3. The van der Waals surface area contributed by atoms with Crippen LogP contribution in [0.25, 0.3) is 0 Å². The molecular formula is C11H16BrNO3S. The van der Waals surface area contributed by atoms with Crippen LogP contribution in [0.3, 0.4) is 0 Å². The number of halogens is 1. The maximum Gasteiger partial charge on any atom is 0.211 e. The maximum atomic E-state index is 11.6. The molecule has 1 aromatic carbocycles. The van der Waals surface area contributed by atoms with Crippen molar-refractivity contribution in [3.63, 3.8) is 0 Å². The molecule has 0 fully saturated rings. The van der Waals surface area contributed by atoms with Crippen LogP contribution >= 0.6 is 15.9 Å². The summed E-state index contributed by atoms with van der Waals surface area (Å²) in [5, 5.41) is 8.76. The standard InChI is InChI=1S/C11H16BrNO3S/c1-17(15,16)13(6-3-7-14)9-10-4-2-5-11(12)8-10/h2,4-5,8,14H,3,6-7,9H2,1H3. The third-order valence-corrected chi connectivity index (χ3v) is 4.03. The molecule has 0 unspecified atom stereocenters. The van der Waals surface area contributed by atoms with Crippen LogP contribution in [0.2, 0.25) is 0 Å². The molecule has 0 heterocycles. The molecule has 4 nitrogen and oxygen atoms in total. The van der Waals surface area contributed by atoms with Crippen molar-refractivity contribution in [2.75, 3.05) is 19.4 Å². The lowest BCUT2D eigenvalue weighted by Gasteiger charge is -2.19. The Labute approximate surface area is 110 Å². The van der Waals surface area contributed by atoms with E-state index in [0.717, 1.165) is 10.0 Å². The summed E-state index contributed by atoms with van der Waals surface area (Å²) in [6, 6.07) is 7.52. The summed E-state index contributed by atoms with van der Waals surface area (Å²) in [7, 11) is -3.24. The van der Waals surface area contributed by atoms with Crippen LogP contribution in [0.15, 0.2) is 28.7 Å². The Kier molecular flexibility index (Phi) is 5.58. The first kappa shape index (κ1) is 14.6. The minimum Gasteiger partial charge on any atom is -0.396 e. The molecule has 0 amide bonds. The first-order chi connectivity index (χ1) is 7.93. The van der Waals surface area contributed by atoms with E-state index in [0.29, 0.717) is 19.5 Å². The fourth-order valence-electron chi connectivity index (χ4n) is 1.45. The molecule has 0 aliphatic heterocycles. The van der Waals surface area contributed by atoms with E-state index in [9.17, 15) is 8.42 Å². The van der Waals surface area contributed by atoms with Crippen LogP contribution in [0, 0.1) is 0 Å². The van der Waals surface area contributed by atoms with E-state index in [4.69, 9.17) is 5.11 Å². The molecule has 0 aliphatic carbocycles. The summed E-state index contributed by atoms with van der Waals surface area (Å²) < 4.78 is 25.4. The molecule has 0 saturated carbocycles. The lowest BCUT2D eigenvalue weighted by Crippen LogP contribution is -2.31. The van der Waals surface area contributed by atoms with Crippen molar-refractivity contribution in [2.45, 2.75) is 13.0 Å². The second kappa shape index (κ2) is 6.49. The second-order valence-electron chi connectivity index (χ2n) is 3.80. The van der Waals surface area contributed by atoms with Gasteiger partial charge in [-0.2, -0.15) is 4.31 Å². The van der Waals surface area contributed by atoms with Gasteiger partial charge in [0.2, 0.25) is 10.0 Å². The molecule has 1 N–H and O–H groups in total. The smallest absolute Gasteiger partial charge is 0.211 e. The number of rotatable bonds is 6. The van der Waals surface area contributed by atoms with Gasteiger partial charge in [0, 0.05) is 24.2 Å². The Morgan fingerprint density at radius 1 is 1.41 bits per heavy atom. The number of aliphatic hydroxyl groups is 1. The van der Waals surface area contributed by atoms with Gasteiger partial charge < -0.3 is 5.11 Å². The molecule has 0 bridgehead atoms. The van der Waals surface area contributed by atoms with Crippen LogP contribution in [0.5, 0.6) is 0 Å². The average molecular weight is 322 g/mol. The monoisotopic (exact) mass is 321 g/mol. The van der Waals surface area contributed by atoms with Crippen LogP contribution in [-0.4, -0.2) is 37.2 Å². The molecule has 0 aromatic heterocycles. The minimum atomic E-state index is -3.24. The molecule has 0 atom stereocenters. The Hall–Kier alpha value is -0.430. The molecular weight excluding hydrogens is 306 g/mol. The zero-order valence-corrected chi connectivity index (χ0v) is 12.0. The third kappa shape index (κ3) is 5.16. The number of hydrogen-bond donors (Lipinski definition) is 1. The van der Waals surface area contributed by atoms with E-state index < -0.39 is 10.0 Å². The summed E-state index contributed by atoms with van der Waals surface area (Å²) >= 11 is 3.35. The normalized spacial score (nSPS) is 12.0. The van der Waals surface area contributed by atoms with E-state index in [1.807, 2.05) is 24.3 Å². The van der Waals surface area contributed by atoms with Crippen LogP contribution in [0.4, 0.5) is 0 Å². The van der Waals surface area contributed by atoms with Crippen molar-refractivity contribution in [2.24, 2.45) is 0 Å². The Morgan fingerprint density at radius 2 is 2.12 bits per heavy atom. The zero-order chi connectivity index (χ0) is 12.9. The summed E-state index contributed by atoms with van der Waals surface area (Å²) in [5.74, 6) is 0. The van der Waals surface area contributed by atoms with E-state index >= 15 is 0 Å². The maximum absolute atomic E-state index is 11.6. The van der Waals surface area contributed by atoms with Gasteiger partial charge in [-0.25, -0.2) is 8.42 Å². The zero-order valence-electron chi connectivity index (χ0n) is 9.63. The SMILES string of the molecule is CS(=O)(=O)N(CCCO)Cc1cccc(Br)c1. The van der Waals surface area contributed by atoms with Crippen molar-refractivity contribution < 1.29 is 13.5 Å². The highest BCUT2D eigenvalue weighted by molar-refractivity contribution is 9.10. The molecule has 1 rings (SSSR count). The fraction of sp³-hybridized carbons (Fsp3) is 0.455. The Morgan fingerprint density at radius 3 is 2.65 bits per heavy atom. The molecule has 0 radical (unpaired) electrons. The largest absolute Gasteiger partial charge is 0.396 e. The first-order valence-electron chi connectivity index (χ1n) is 5.24. The summed E-state index contributed by atoms with van der Waals surface area (Å²) in [6.45, 7) is 0.657. The summed E-state index contributed by atoms with van der Waals surface area (Å²) in [5.41, 5.74) is 0.919. The molecule has 0 aliphatic rings. The van der Waals surface area contributed by atoms with Gasteiger partial charge in [0.15, 0.2) is 0 Å². The van der Waals surface area contributed by atoms with Gasteiger partial charge >= 0.3 is 0 Å². The molecule has 1 aromatic rings. The summed E-state index contributed by atoms with van der Waals surface area (Å²) in [4.78, 5) is 0. The molecule has 0 saturated heterocycles. The molecule has 6 heteroatoms. The highest BCUT2D eigenvalue weighted by Gasteiger charge is 2.16. The van der Waals surface area contributed by atoms with Gasteiger partial charge in [0.1, 0.15) is 0 Å². The van der Waals surface area contributed by atoms with Gasteiger partial charge in [-0.1, -0.05) is 28.1 Å². The lowest BCUT2D eigenvalue weighted by atomic mass is 10.2. The minimum absolute atomic E-state index is 0.00942. The second-order valence-corrected chi connectivity index (χ2v) is 6.70. The van der Waals surface area contributed by atoms with Crippen molar-refractivity contribution in [3.05, 3.63) is 34.3 Å². The first-order valence-corrected chi connectivity index (χ1v) is 7.88. The lowest BCUT2D eigenvalue weighted by molar-refractivity contribution is 0.268. The predicted molar refractivity (Wildman–Crippen MR) is 71.1 cm³/mol. The third-order valence-electron chi connectivity index (χ3n) is 2.28. The van der Waals surface area contributed by atoms with Gasteiger partial charge in [0.05, 0.1) is 6.26 Å². The molecule has 17 heavy (non-hydrogen) atoms. The molecule has 96 valence electrons.